The first-order chi connectivity index (χ1) is 15.2. The molecule has 1 N–H and O–H groups in total. The number of anilines is 2. The Labute approximate surface area is 198 Å². The fourth-order valence-electron chi connectivity index (χ4n) is 3.35. The smallest absolute Gasteiger partial charge is 0.266 e. The van der Waals surface area contributed by atoms with Crippen LogP contribution in [0.2, 0.25) is 15.1 Å². The molecule has 0 aliphatic carbocycles. The molecule has 1 aliphatic rings. The van der Waals surface area contributed by atoms with E-state index in [1.807, 2.05) is 0 Å². The van der Waals surface area contributed by atoms with Crippen LogP contribution in [0.4, 0.5) is 11.4 Å². The molecule has 9 heteroatoms. The first-order valence-electron chi connectivity index (χ1n) is 9.41. The Balaban J connectivity index is 1.46. The summed E-state index contributed by atoms with van der Waals surface area (Å²) in [6.07, 6.45) is 0. The van der Waals surface area contributed by atoms with Gasteiger partial charge in [-0.1, -0.05) is 34.8 Å². The molecule has 1 aliphatic heterocycles. The number of amides is 3. The van der Waals surface area contributed by atoms with Crippen molar-refractivity contribution in [1.29, 1.82) is 0 Å². The molecular weight excluding hydrogens is 475 g/mol. The number of carbonyl (C=O) groups is 3. The molecule has 0 spiro atoms. The van der Waals surface area contributed by atoms with E-state index in [0.717, 1.165) is 4.90 Å². The summed E-state index contributed by atoms with van der Waals surface area (Å²) < 4.78 is 5.42. The average molecular weight is 490 g/mol. The van der Waals surface area contributed by atoms with Gasteiger partial charge >= 0.3 is 0 Å². The van der Waals surface area contributed by atoms with Crippen LogP contribution in [0.1, 0.15) is 26.3 Å². The fourth-order valence-corrected chi connectivity index (χ4v) is 3.98. The number of aryl methyl sites for hydroxylation is 1. The molecule has 0 aromatic heterocycles. The Hall–Kier alpha value is -3.06. The third-order valence-electron chi connectivity index (χ3n) is 4.82. The number of fused-ring (bicyclic) bond motifs is 1. The summed E-state index contributed by atoms with van der Waals surface area (Å²) >= 11 is 17.8. The SMILES string of the molecule is Cc1cc(NC(=O)COc2ccc(Cl)cc2Cl)ccc1N1C(=O)c2ccc(Cl)cc2C1=O. The highest BCUT2D eigenvalue weighted by Gasteiger charge is 2.37. The van der Waals surface area contributed by atoms with E-state index in [4.69, 9.17) is 39.5 Å². The number of hydrogen-bond acceptors (Lipinski definition) is 4. The van der Waals surface area contributed by atoms with E-state index < -0.39 is 17.7 Å². The normalized spacial score (nSPS) is 12.7. The van der Waals surface area contributed by atoms with Crippen LogP contribution in [0.25, 0.3) is 0 Å². The molecule has 4 rings (SSSR count). The molecule has 0 fully saturated rings. The monoisotopic (exact) mass is 488 g/mol. The molecule has 162 valence electrons. The second kappa shape index (κ2) is 8.82. The van der Waals surface area contributed by atoms with Crippen LogP contribution in [0.5, 0.6) is 5.75 Å². The van der Waals surface area contributed by atoms with Crippen molar-refractivity contribution < 1.29 is 19.1 Å². The number of nitrogens with one attached hydrogen (secondary N) is 1. The van der Waals surface area contributed by atoms with Gasteiger partial charge in [-0.3, -0.25) is 14.4 Å². The van der Waals surface area contributed by atoms with Gasteiger partial charge in [-0.15, -0.1) is 0 Å². The van der Waals surface area contributed by atoms with Gasteiger partial charge in [-0.05, 0) is 67.1 Å². The van der Waals surface area contributed by atoms with Gasteiger partial charge in [-0.2, -0.15) is 0 Å². The summed E-state index contributed by atoms with van der Waals surface area (Å²) in [5, 5.41) is 3.85. The van der Waals surface area contributed by atoms with Crippen LogP contribution in [0, 0.1) is 6.92 Å². The summed E-state index contributed by atoms with van der Waals surface area (Å²) in [7, 11) is 0. The van der Waals surface area contributed by atoms with E-state index in [1.165, 1.54) is 18.2 Å². The van der Waals surface area contributed by atoms with E-state index in [-0.39, 0.29) is 12.2 Å². The van der Waals surface area contributed by atoms with Crippen LogP contribution >= 0.6 is 34.8 Å². The van der Waals surface area contributed by atoms with Crippen molar-refractivity contribution >= 4 is 63.9 Å². The van der Waals surface area contributed by atoms with E-state index in [2.05, 4.69) is 5.32 Å². The Morgan fingerprint density at radius 3 is 2.31 bits per heavy atom. The van der Waals surface area contributed by atoms with Crippen molar-refractivity contribution in [1.82, 2.24) is 0 Å². The summed E-state index contributed by atoms with van der Waals surface area (Å²) in [6.45, 7) is 1.48. The van der Waals surface area contributed by atoms with E-state index in [0.29, 0.717) is 43.3 Å². The highest BCUT2D eigenvalue weighted by atomic mass is 35.5. The number of nitrogens with zero attached hydrogens (tertiary/aromatic N) is 1. The molecule has 3 amide bonds. The lowest BCUT2D eigenvalue weighted by atomic mass is 10.1. The topological polar surface area (TPSA) is 75.7 Å². The van der Waals surface area contributed by atoms with Gasteiger partial charge in [0.15, 0.2) is 6.61 Å². The lowest BCUT2D eigenvalue weighted by Gasteiger charge is -2.17. The largest absolute Gasteiger partial charge is 0.482 e. The summed E-state index contributed by atoms with van der Waals surface area (Å²) in [5.41, 5.74) is 2.10. The lowest BCUT2D eigenvalue weighted by Crippen LogP contribution is -2.30. The molecule has 3 aromatic carbocycles. The quantitative estimate of drug-likeness (QED) is 0.461. The highest BCUT2D eigenvalue weighted by molar-refractivity contribution is 6.37. The van der Waals surface area contributed by atoms with Gasteiger partial charge in [0.05, 0.1) is 21.8 Å². The third kappa shape index (κ3) is 4.30. The summed E-state index contributed by atoms with van der Waals surface area (Å²) in [5.74, 6) is -0.933. The number of carbonyl (C=O) groups excluding carboxylic acids is 3. The fraction of sp³-hybridized carbons (Fsp3) is 0.0870. The average Bonchev–Trinajstić information content (AvgIpc) is 2.97. The van der Waals surface area contributed by atoms with Crippen LogP contribution in [0.3, 0.4) is 0 Å². The van der Waals surface area contributed by atoms with Crippen LogP contribution in [-0.4, -0.2) is 24.3 Å². The zero-order valence-electron chi connectivity index (χ0n) is 16.6. The molecule has 0 bridgehead atoms. The van der Waals surface area contributed by atoms with Crippen LogP contribution < -0.4 is 15.0 Å². The predicted molar refractivity (Wildman–Crippen MR) is 124 cm³/mol. The Kier molecular flexibility index (Phi) is 6.11. The predicted octanol–water partition coefficient (Wildman–Crippen LogP) is 5.77. The maximum absolute atomic E-state index is 12.8. The number of rotatable bonds is 5. The van der Waals surface area contributed by atoms with Gasteiger partial charge in [0.1, 0.15) is 5.75 Å². The molecular formula is C23H15Cl3N2O4. The van der Waals surface area contributed by atoms with E-state index in [1.54, 1.807) is 43.3 Å². The van der Waals surface area contributed by atoms with Gasteiger partial charge < -0.3 is 10.1 Å². The number of benzene rings is 3. The minimum atomic E-state index is -0.444. The van der Waals surface area contributed by atoms with Gasteiger partial charge in [-0.25, -0.2) is 4.90 Å². The van der Waals surface area contributed by atoms with Crippen molar-refractivity contribution in [2.24, 2.45) is 0 Å². The molecule has 6 nitrogen and oxygen atoms in total. The Morgan fingerprint density at radius 1 is 0.906 bits per heavy atom. The van der Waals surface area contributed by atoms with E-state index >= 15 is 0 Å². The number of halogens is 3. The zero-order valence-corrected chi connectivity index (χ0v) is 18.9. The summed E-state index contributed by atoms with van der Waals surface area (Å²) in [6, 6.07) is 14.2. The molecule has 0 radical (unpaired) electrons. The molecule has 0 saturated heterocycles. The number of imide groups is 1. The minimum absolute atomic E-state index is 0.261. The minimum Gasteiger partial charge on any atom is -0.482 e. The first-order valence-corrected chi connectivity index (χ1v) is 10.5. The van der Waals surface area contributed by atoms with Crippen molar-refractivity contribution in [2.75, 3.05) is 16.8 Å². The molecule has 0 atom stereocenters. The number of hydrogen-bond donors (Lipinski definition) is 1. The molecule has 3 aromatic rings. The molecule has 0 saturated carbocycles. The Morgan fingerprint density at radius 2 is 1.59 bits per heavy atom. The van der Waals surface area contributed by atoms with Gasteiger partial charge in [0.2, 0.25) is 0 Å². The lowest BCUT2D eigenvalue weighted by molar-refractivity contribution is -0.118. The second-order valence-electron chi connectivity index (χ2n) is 7.05. The number of ether oxygens (including phenoxy) is 1. The van der Waals surface area contributed by atoms with Crippen molar-refractivity contribution in [3.05, 3.63) is 86.4 Å². The first kappa shape index (κ1) is 22.1. The van der Waals surface area contributed by atoms with Crippen molar-refractivity contribution in [3.8, 4) is 5.75 Å². The second-order valence-corrected chi connectivity index (χ2v) is 8.33. The van der Waals surface area contributed by atoms with Crippen molar-refractivity contribution in [2.45, 2.75) is 6.92 Å². The zero-order chi connectivity index (χ0) is 23.0. The molecule has 1 heterocycles. The van der Waals surface area contributed by atoms with Crippen molar-refractivity contribution in [3.63, 3.8) is 0 Å². The maximum atomic E-state index is 12.8. The Bertz CT molecular complexity index is 1280. The highest BCUT2D eigenvalue weighted by Crippen LogP contribution is 2.33. The molecule has 0 unspecified atom stereocenters. The maximum Gasteiger partial charge on any atom is 0.266 e. The van der Waals surface area contributed by atoms with E-state index in [9.17, 15) is 14.4 Å². The standard InChI is InChI=1S/C23H15Cl3N2O4/c1-12-8-15(27-21(29)11-32-20-7-3-14(25)10-18(20)26)4-6-19(12)28-22(30)16-5-2-13(24)9-17(16)23(28)31/h2-10H,11H2,1H3,(H,27,29). The van der Waals surface area contributed by atoms with Crippen LogP contribution in [-0.2, 0) is 4.79 Å². The summed E-state index contributed by atoms with van der Waals surface area (Å²) in [4.78, 5) is 38.9. The van der Waals surface area contributed by atoms with Crippen LogP contribution in [0.15, 0.2) is 54.6 Å². The third-order valence-corrected chi connectivity index (χ3v) is 5.59. The molecule has 32 heavy (non-hydrogen) atoms. The van der Waals surface area contributed by atoms with Gasteiger partial charge in [0, 0.05) is 15.7 Å². The van der Waals surface area contributed by atoms with Gasteiger partial charge in [0.25, 0.3) is 17.7 Å².